The molecule has 1 aliphatic rings. The van der Waals surface area contributed by atoms with Crippen LogP contribution in [-0.4, -0.2) is 62.7 Å². The van der Waals surface area contributed by atoms with E-state index in [2.05, 4.69) is 4.98 Å². The normalized spacial score (nSPS) is 22.3. The van der Waals surface area contributed by atoms with E-state index in [9.17, 15) is 28.8 Å². The van der Waals surface area contributed by atoms with Gasteiger partial charge < -0.3 is 23.7 Å². The second-order valence-electron chi connectivity index (χ2n) is 9.80. The zero-order valence-electron chi connectivity index (χ0n) is 22.3. The fourth-order valence-electron chi connectivity index (χ4n) is 3.62. The fourth-order valence-corrected chi connectivity index (χ4v) is 3.62. The van der Waals surface area contributed by atoms with Crippen molar-refractivity contribution in [3.05, 3.63) is 63.2 Å². The van der Waals surface area contributed by atoms with E-state index in [4.69, 9.17) is 23.7 Å². The first-order valence-corrected chi connectivity index (χ1v) is 11.9. The van der Waals surface area contributed by atoms with Gasteiger partial charge in [0.25, 0.3) is 11.4 Å². The van der Waals surface area contributed by atoms with Crippen LogP contribution in [0.5, 0.6) is 0 Å². The molecule has 0 amide bonds. The predicted octanol–water partition coefficient (Wildman–Crippen LogP) is 0.867. The molecule has 0 aliphatic carbocycles. The number of esters is 4. The molecule has 0 saturated carbocycles. The van der Waals surface area contributed by atoms with E-state index >= 15 is 4.39 Å². The van der Waals surface area contributed by atoms with Crippen molar-refractivity contribution in [3.63, 3.8) is 0 Å². The Labute approximate surface area is 226 Å². The molecule has 1 fully saturated rings. The molecule has 1 aliphatic heterocycles. The minimum Gasteiger partial charge on any atom is -0.459 e. The van der Waals surface area contributed by atoms with Crippen molar-refractivity contribution in [2.45, 2.75) is 65.6 Å². The minimum absolute atomic E-state index is 0.0529. The molecule has 1 saturated heterocycles. The van der Waals surface area contributed by atoms with Gasteiger partial charge in [0.1, 0.15) is 0 Å². The number of hydrogen-bond acceptors (Lipinski definition) is 12. The molecule has 0 N–H and O–H groups in total. The van der Waals surface area contributed by atoms with E-state index in [1.807, 2.05) is 0 Å². The Kier molecular flexibility index (Phi) is 8.87. The van der Waals surface area contributed by atoms with Crippen LogP contribution in [0.2, 0.25) is 0 Å². The molecule has 0 aromatic carbocycles. The van der Waals surface area contributed by atoms with Crippen molar-refractivity contribution >= 4 is 23.9 Å². The van der Waals surface area contributed by atoms with Crippen LogP contribution < -0.4 is 11.2 Å². The average molecular weight is 566 g/mol. The van der Waals surface area contributed by atoms with Crippen molar-refractivity contribution in [1.29, 1.82) is 0 Å². The summed E-state index contributed by atoms with van der Waals surface area (Å²) < 4.78 is 43.2. The lowest BCUT2D eigenvalue weighted by Crippen LogP contribution is -2.48. The zero-order chi connectivity index (χ0) is 29.8. The standard InChI is InChI=1S/C25H28FN3O11/c1-14(30)38-18-19(39-15(2)31)25(26,12-36-22(34)24(3,4)5)40-20(18)28-10-8-17(32)29(23(28)35)13-37-21(33)16-7-6-9-27-11-16/h6-11,18-20H,12-13H2,1-5H3/t18-,19+,20-,25-/m1/s1. The Morgan fingerprint density at radius 1 is 1.07 bits per heavy atom. The first-order chi connectivity index (χ1) is 18.6. The molecule has 3 rings (SSSR count). The molecule has 4 atom stereocenters. The first kappa shape index (κ1) is 30.1. The number of halogens is 1. The van der Waals surface area contributed by atoms with Gasteiger partial charge in [0.2, 0.25) is 6.10 Å². The summed E-state index contributed by atoms with van der Waals surface area (Å²) in [7, 11) is 0. The third-order valence-electron chi connectivity index (χ3n) is 5.52. The van der Waals surface area contributed by atoms with Crippen molar-refractivity contribution in [3.8, 4) is 0 Å². The molecule has 40 heavy (non-hydrogen) atoms. The number of aromatic nitrogens is 3. The SMILES string of the molecule is CC(=O)O[C@H]1[C@H](n2ccc(=O)n(COC(=O)c3cccnc3)c2=O)O[C@](F)(COC(=O)C(C)(C)C)[C@H]1OC(C)=O. The maximum Gasteiger partial charge on any atom is 0.341 e. The van der Waals surface area contributed by atoms with E-state index in [0.717, 1.165) is 26.1 Å². The lowest BCUT2D eigenvalue weighted by molar-refractivity contribution is -0.226. The fraction of sp³-hybridized carbons (Fsp3) is 0.480. The maximum absolute atomic E-state index is 16.2. The molecule has 216 valence electrons. The van der Waals surface area contributed by atoms with E-state index in [1.165, 1.54) is 45.3 Å². The summed E-state index contributed by atoms with van der Waals surface area (Å²) in [4.78, 5) is 77.8. The Morgan fingerprint density at radius 3 is 2.33 bits per heavy atom. The molecule has 0 bridgehead atoms. The van der Waals surface area contributed by atoms with Crippen LogP contribution in [-0.2, 0) is 44.8 Å². The summed E-state index contributed by atoms with van der Waals surface area (Å²) >= 11 is 0. The van der Waals surface area contributed by atoms with Crippen LogP contribution in [0.1, 0.15) is 51.2 Å². The van der Waals surface area contributed by atoms with Gasteiger partial charge in [-0.15, -0.1) is 0 Å². The zero-order valence-corrected chi connectivity index (χ0v) is 22.3. The number of rotatable bonds is 8. The van der Waals surface area contributed by atoms with Crippen molar-refractivity contribution < 1.29 is 47.3 Å². The van der Waals surface area contributed by atoms with Gasteiger partial charge >= 0.3 is 29.6 Å². The molecule has 0 spiro atoms. The average Bonchev–Trinajstić information content (AvgIpc) is 3.12. The number of pyridine rings is 1. The number of carbonyl (C=O) groups excluding carboxylic acids is 4. The Bertz CT molecular complexity index is 1400. The number of nitrogens with zero attached hydrogens (tertiary/aromatic N) is 3. The highest BCUT2D eigenvalue weighted by molar-refractivity contribution is 5.88. The van der Waals surface area contributed by atoms with Gasteiger partial charge in [-0.25, -0.2) is 18.5 Å². The quantitative estimate of drug-likeness (QED) is 0.327. The van der Waals surface area contributed by atoms with E-state index in [-0.39, 0.29) is 5.56 Å². The summed E-state index contributed by atoms with van der Waals surface area (Å²) in [5.74, 6) is -6.72. The van der Waals surface area contributed by atoms with Crippen LogP contribution in [0.15, 0.2) is 46.4 Å². The molecule has 2 aromatic heterocycles. The molecule has 0 unspecified atom stereocenters. The number of hydrogen-bond donors (Lipinski definition) is 0. The summed E-state index contributed by atoms with van der Waals surface area (Å²) in [6.45, 7) is 4.58. The van der Waals surface area contributed by atoms with Gasteiger partial charge in [-0.1, -0.05) is 0 Å². The van der Waals surface area contributed by atoms with Crippen molar-refractivity contribution in [1.82, 2.24) is 14.1 Å². The second-order valence-corrected chi connectivity index (χ2v) is 9.80. The molecule has 3 heterocycles. The van der Waals surface area contributed by atoms with E-state index < -0.39 is 78.2 Å². The summed E-state index contributed by atoms with van der Waals surface area (Å²) in [6, 6.07) is 3.78. The Balaban J connectivity index is 1.99. The Morgan fingerprint density at radius 2 is 1.75 bits per heavy atom. The van der Waals surface area contributed by atoms with E-state index in [0.29, 0.717) is 9.13 Å². The molecular weight excluding hydrogens is 537 g/mol. The van der Waals surface area contributed by atoms with Gasteiger partial charge in [-0.05, 0) is 32.9 Å². The van der Waals surface area contributed by atoms with Crippen LogP contribution in [0, 0.1) is 5.41 Å². The van der Waals surface area contributed by atoms with Crippen LogP contribution >= 0.6 is 0 Å². The van der Waals surface area contributed by atoms with Gasteiger partial charge in [-0.3, -0.25) is 28.7 Å². The predicted molar refractivity (Wildman–Crippen MR) is 130 cm³/mol. The topological polar surface area (TPSA) is 171 Å². The smallest absolute Gasteiger partial charge is 0.341 e. The van der Waals surface area contributed by atoms with Crippen LogP contribution in [0.3, 0.4) is 0 Å². The van der Waals surface area contributed by atoms with Crippen molar-refractivity contribution in [2.75, 3.05) is 6.61 Å². The van der Waals surface area contributed by atoms with Gasteiger partial charge in [0, 0.05) is 38.5 Å². The lowest BCUT2D eigenvalue weighted by Gasteiger charge is -2.27. The number of alkyl halides is 1. The maximum atomic E-state index is 16.2. The summed E-state index contributed by atoms with van der Waals surface area (Å²) in [5.41, 5.74) is -3.01. The molecule has 2 aromatic rings. The lowest BCUT2D eigenvalue weighted by atomic mass is 9.97. The Hall–Kier alpha value is -4.40. The highest BCUT2D eigenvalue weighted by Gasteiger charge is 2.62. The van der Waals surface area contributed by atoms with Gasteiger partial charge in [-0.2, -0.15) is 0 Å². The van der Waals surface area contributed by atoms with Crippen LogP contribution in [0.25, 0.3) is 0 Å². The number of ether oxygens (including phenoxy) is 5. The molecular formula is C25H28FN3O11. The highest BCUT2D eigenvalue weighted by Crippen LogP contribution is 2.42. The highest BCUT2D eigenvalue weighted by atomic mass is 19.2. The second kappa shape index (κ2) is 11.8. The largest absolute Gasteiger partial charge is 0.459 e. The summed E-state index contributed by atoms with van der Waals surface area (Å²) in [5, 5.41) is 0. The van der Waals surface area contributed by atoms with E-state index in [1.54, 1.807) is 0 Å². The van der Waals surface area contributed by atoms with Gasteiger partial charge in [0.05, 0.1) is 11.0 Å². The summed E-state index contributed by atoms with van der Waals surface area (Å²) in [6.07, 6.45) is -1.98. The van der Waals surface area contributed by atoms with Gasteiger partial charge in [0.15, 0.2) is 25.7 Å². The minimum atomic E-state index is -3.08. The molecule has 15 heteroatoms. The third kappa shape index (κ3) is 6.77. The molecule has 0 radical (unpaired) electrons. The van der Waals surface area contributed by atoms with Crippen LogP contribution in [0.4, 0.5) is 4.39 Å². The first-order valence-electron chi connectivity index (χ1n) is 11.9. The number of carbonyl (C=O) groups is 4. The third-order valence-corrected chi connectivity index (χ3v) is 5.52. The monoisotopic (exact) mass is 565 g/mol. The molecule has 14 nitrogen and oxygen atoms in total. The van der Waals surface area contributed by atoms with Crippen molar-refractivity contribution in [2.24, 2.45) is 5.41 Å².